The molecule has 2 rings (SSSR count). The van der Waals surface area contributed by atoms with E-state index in [1.54, 1.807) is 0 Å². The molecular weight excluding hydrogens is 260 g/mol. The number of carboxylic acid groups (broad SMARTS) is 1. The van der Waals surface area contributed by atoms with E-state index in [1.807, 2.05) is 4.90 Å². The molecule has 6 heteroatoms. The highest BCUT2D eigenvalue weighted by Gasteiger charge is 2.37. The van der Waals surface area contributed by atoms with Gasteiger partial charge in [0.2, 0.25) is 0 Å². The van der Waals surface area contributed by atoms with Crippen molar-refractivity contribution < 1.29 is 19.7 Å². The summed E-state index contributed by atoms with van der Waals surface area (Å²) < 4.78 is 5.76. The lowest BCUT2D eigenvalue weighted by molar-refractivity contribution is -0.143. The first-order valence-electron chi connectivity index (χ1n) is 7.44. The zero-order chi connectivity index (χ0) is 14.7. The van der Waals surface area contributed by atoms with Gasteiger partial charge in [0.15, 0.2) is 0 Å². The molecule has 0 aromatic carbocycles. The SMILES string of the molecule is CC(C)CN1CCOC(CN2CC(O)CC2C(=O)O)C1. The monoisotopic (exact) mass is 286 g/mol. The molecule has 0 spiro atoms. The van der Waals surface area contributed by atoms with Crippen LogP contribution in [0.3, 0.4) is 0 Å². The van der Waals surface area contributed by atoms with Gasteiger partial charge in [0.1, 0.15) is 6.04 Å². The molecule has 0 aliphatic carbocycles. The lowest BCUT2D eigenvalue weighted by atomic mass is 10.1. The number of hydrogen-bond acceptors (Lipinski definition) is 5. The molecule has 0 amide bonds. The number of rotatable bonds is 5. The van der Waals surface area contributed by atoms with E-state index >= 15 is 0 Å². The van der Waals surface area contributed by atoms with Gasteiger partial charge in [0.25, 0.3) is 0 Å². The summed E-state index contributed by atoms with van der Waals surface area (Å²) in [6.07, 6.45) is -0.182. The van der Waals surface area contributed by atoms with Gasteiger partial charge >= 0.3 is 5.97 Å². The molecule has 0 saturated carbocycles. The number of nitrogens with zero attached hydrogens (tertiary/aromatic N) is 2. The molecule has 0 radical (unpaired) electrons. The number of aliphatic hydroxyl groups is 1. The first kappa shape index (κ1) is 15.7. The fraction of sp³-hybridized carbons (Fsp3) is 0.929. The minimum Gasteiger partial charge on any atom is -0.480 e. The number of morpholine rings is 1. The molecule has 2 aliphatic heterocycles. The molecule has 116 valence electrons. The van der Waals surface area contributed by atoms with Gasteiger partial charge in [-0.3, -0.25) is 14.6 Å². The quantitative estimate of drug-likeness (QED) is 0.733. The Hall–Kier alpha value is -0.690. The fourth-order valence-electron chi connectivity index (χ4n) is 3.17. The molecule has 2 aliphatic rings. The normalized spacial score (nSPS) is 32.9. The summed E-state index contributed by atoms with van der Waals surface area (Å²) in [5.41, 5.74) is 0. The predicted molar refractivity (Wildman–Crippen MR) is 74.6 cm³/mol. The first-order valence-corrected chi connectivity index (χ1v) is 7.44. The number of ether oxygens (including phenoxy) is 1. The smallest absolute Gasteiger partial charge is 0.321 e. The lowest BCUT2D eigenvalue weighted by Gasteiger charge is -2.36. The van der Waals surface area contributed by atoms with E-state index in [9.17, 15) is 15.0 Å². The van der Waals surface area contributed by atoms with Crippen LogP contribution in [0.15, 0.2) is 0 Å². The van der Waals surface area contributed by atoms with Crippen molar-refractivity contribution in [2.24, 2.45) is 5.92 Å². The highest BCUT2D eigenvalue weighted by molar-refractivity contribution is 5.74. The average molecular weight is 286 g/mol. The molecule has 20 heavy (non-hydrogen) atoms. The van der Waals surface area contributed by atoms with Crippen molar-refractivity contribution in [3.05, 3.63) is 0 Å². The van der Waals surface area contributed by atoms with Crippen LogP contribution in [0.5, 0.6) is 0 Å². The minimum absolute atomic E-state index is 0.0367. The summed E-state index contributed by atoms with van der Waals surface area (Å²) in [6, 6.07) is -0.575. The third-order valence-corrected chi connectivity index (χ3v) is 3.95. The van der Waals surface area contributed by atoms with Crippen LogP contribution in [-0.2, 0) is 9.53 Å². The van der Waals surface area contributed by atoms with Crippen molar-refractivity contribution in [3.63, 3.8) is 0 Å². The summed E-state index contributed by atoms with van der Waals surface area (Å²) >= 11 is 0. The Balaban J connectivity index is 1.87. The maximum atomic E-state index is 11.2. The number of hydrogen-bond donors (Lipinski definition) is 2. The van der Waals surface area contributed by atoms with Crippen molar-refractivity contribution in [1.29, 1.82) is 0 Å². The van der Waals surface area contributed by atoms with Crippen LogP contribution < -0.4 is 0 Å². The molecule has 3 atom stereocenters. The molecule has 6 nitrogen and oxygen atoms in total. The second-order valence-electron chi connectivity index (χ2n) is 6.34. The van der Waals surface area contributed by atoms with Gasteiger partial charge in [-0.2, -0.15) is 0 Å². The van der Waals surface area contributed by atoms with Crippen molar-refractivity contribution >= 4 is 5.97 Å². The van der Waals surface area contributed by atoms with E-state index in [-0.39, 0.29) is 6.10 Å². The van der Waals surface area contributed by atoms with Crippen LogP contribution in [0.2, 0.25) is 0 Å². The van der Waals surface area contributed by atoms with Crippen molar-refractivity contribution in [2.75, 3.05) is 39.3 Å². The van der Waals surface area contributed by atoms with E-state index in [1.165, 1.54) is 0 Å². The third-order valence-electron chi connectivity index (χ3n) is 3.95. The van der Waals surface area contributed by atoms with E-state index in [2.05, 4.69) is 18.7 Å². The van der Waals surface area contributed by atoms with Crippen LogP contribution in [0, 0.1) is 5.92 Å². The van der Waals surface area contributed by atoms with Gasteiger partial charge < -0.3 is 14.9 Å². The average Bonchev–Trinajstić information content (AvgIpc) is 2.70. The largest absolute Gasteiger partial charge is 0.480 e. The summed E-state index contributed by atoms with van der Waals surface area (Å²) in [5.74, 6) is -0.231. The van der Waals surface area contributed by atoms with Crippen LogP contribution in [0.4, 0.5) is 0 Å². The second-order valence-corrected chi connectivity index (χ2v) is 6.34. The molecule has 2 fully saturated rings. The Morgan fingerprint density at radius 2 is 2.15 bits per heavy atom. The highest BCUT2D eigenvalue weighted by atomic mass is 16.5. The van der Waals surface area contributed by atoms with E-state index in [4.69, 9.17) is 4.74 Å². The number of carbonyl (C=O) groups is 1. The standard InChI is InChI=1S/C14H26N2O4/c1-10(2)6-15-3-4-20-12(8-15)9-16-7-11(17)5-13(16)14(18)19/h10-13,17H,3-9H2,1-2H3,(H,18,19). The molecule has 0 aromatic rings. The number of carboxylic acids is 1. The maximum absolute atomic E-state index is 11.2. The molecule has 2 saturated heterocycles. The van der Waals surface area contributed by atoms with Gasteiger partial charge in [0.05, 0.1) is 18.8 Å². The van der Waals surface area contributed by atoms with Crippen molar-refractivity contribution in [2.45, 2.75) is 38.5 Å². The summed E-state index contributed by atoms with van der Waals surface area (Å²) in [7, 11) is 0. The maximum Gasteiger partial charge on any atom is 0.321 e. The van der Waals surface area contributed by atoms with Crippen LogP contribution in [-0.4, -0.2) is 83.6 Å². The number of likely N-dealkylation sites (tertiary alicyclic amines) is 1. The van der Waals surface area contributed by atoms with E-state index in [0.717, 1.165) is 19.6 Å². The molecule has 0 bridgehead atoms. The van der Waals surface area contributed by atoms with Crippen molar-refractivity contribution in [1.82, 2.24) is 9.80 Å². The number of aliphatic carboxylic acids is 1. The topological polar surface area (TPSA) is 73.2 Å². The predicted octanol–water partition coefficient (Wildman–Crippen LogP) is -0.137. The van der Waals surface area contributed by atoms with Gasteiger partial charge in [-0.25, -0.2) is 0 Å². The molecule has 3 unspecified atom stereocenters. The zero-order valence-electron chi connectivity index (χ0n) is 12.4. The van der Waals surface area contributed by atoms with Gasteiger partial charge in [0, 0.05) is 39.1 Å². The van der Waals surface area contributed by atoms with E-state index < -0.39 is 18.1 Å². The lowest BCUT2D eigenvalue weighted by Crippen LogP contribution is -2.50. The van der Waals surface area contributed by atoms with Crippen molar-refractivity contribution in [3.8, 4) is 0 Å². The Morgan fingerprint density at radius 1 is 1.40 bits per heavy atom. The molecule has 2 heterocycles. The molecule has 2 N–H and O–H groups in total. The highest BCUT2D eigenvalue weighted by Crippen LogP contribution is 2.20. The Labute approximate surface area is 120 Å². The summed E-state index contributed by atoms with van der Waals surface area (Å²) in [6.45, 7) is 8.94. The van der Waals surface area contributed by atoms with Crippen LogP contribution in [0.25, 0.3) is 0 Å². The summed E-state index contributed by atoms with van der Waals surface area (Å²) in [5, 5.41) is 18.9. The van der Waals surface area contributed by atoms with Gasteiger partial charge in [-0.15, -0.1) is 0 Å². The Bertz CT molecular complexity index is 337. The minimum atomic E-state index is -0.851. The number of aliphatic hydroxyl groups excluding tert-OH is 1. The van der Waals surface area contributed by atoms with Gasteiger partial charge in [-0.1, -0.05) is 13.8 Å². The third kappa shape index (κ3) is 4.15. The Kier molecular flexibility index (Phi) is 5.37. The van der Waals surface area contributed by atoms with E-state index in [0.29, 0.717) is 32.0 Å². The van der Waals surface area contributed by atoms with Crippen LogP contribution in [0.1, 0.15) is 20.3 Å². The molecular formula is C14H26N2O4. The van der Waals surface area contributed by atoms with Gasteiger partial charge in [-0.05, 0) is 5.92 Å². The Morgan fingerprint density at radius 3 is 2.80 bits per heavy atom. The fourth-order valence-corrected chi connectivity index (χ4v) is 3.17. The summed E-state index contributed by atoms with van der Waals surface area (Å²) in [4.78, 5) is 15.4. The molecule has 0 aromatic heterocycles. The number of β-amino-alcohol motifs (C(OH)–C–C–N with tert-alkyl or cyclic N) is 1. The zero-order valence-corrected chi connectivity index (χ0v) is 12.4. The first-order chi connectivity index (χ1) is 9.45. The van der Waals surface area contributed by atoms with Crippen LogP contribution >= 0.6 is 0 Å². The second kappa shape index (κ2) is 6.85.